The lowest BCUT2D eigenvalue weighted by molar-refractivity contribution is 0.289. The van der Waals surface area contributed by atoms with Crippen molar-refractivity contribution in [2.45, 2.75) is 26.7 Å². The average Bonchev–Trinajstić information content (AvgIpc) is 2.56. The topological polar surface area (TPSA) is 93.2 Å². The van der Waals surface area contributed by atoms with Gasteiger partial charge in [-0.05, 0) is 25.7 Å². The molecule has 0 unspecified atom stereocenters. The Bertz CT molecular complexity index is 558. The second kappa shape index (κ2) is 5.01. The SMILES string of the molecule is Cc1nn(C)c(NS(=O)(=O)N2CCC(C)CC2)c1N. The number of nitrogen functional groups attached to an aromatic ring is 1. The molecule has 108 valence electrons. The molecule has 0 aliphatic carbocycles. The van der Waals surface area contributed by atoms with E-state index in [2.05, 4.69) is 16.7 Å². The molecule has 1 fully saturated rings. The van der Waals surface area contributed by atoms with Gasteiger partial charge < -0.3 is 5.73 Å². The molecule has 1 aliphatic heterocycles. The minimum atomic E-state index is -3.55. The van der Waals surface area contributed by atoms with Crippen molar-refractivity contribution in [2.24, 2.45) is 13.0 Å². The van der Waals surface area contributed by atoms with Crippen molar-refractivity contribution in [3.63, 3.8) is 0 Å². The van der Waals surface area contributed by atoms with Gasteiger partial charge in [-0.2, -0.15) is 17.8 Å². The maximum absolute atomic E-state index is 12.3. The smallest absolute Gasteiger partial charge is 0.302 e. The zero-order chi connectivity index (χ0) is 14.2. The van der Waals surface area contributed by atoms with Gasteiger partial charge in [0.25, 0.3) is 0 Å². The summed E-state index contributed by atoms with van der Waals surface area (Å²) < 4.78 is 30.0. The third kappa shape index (κ3) is 2.84. The fraction of sp³-hybridized carbons (Fsp3) is 0.727. The summed E-state index contributed by atoms with van der Waals surface area (Å²) in [7, 11) is -1.88. The molecule has 0 bridgehead atoms. The zero-order valence-electron chi connectivity index (χ0n) is 11.5. The van der Waals surface area contributed by atoms with Gasteiger partial charge in [-0.25, -0.2) is 4.68 Å². The van der Waals surface area contributed by atoms with E-state index in [1.54, 1.807) is 14.0 Å². The Morgan fingerprint density at radius 3 is 2.42 bits per heavy atom. The lowest BCUT2D eigenvalue weighted by atomic mass is 10.0. The number of aromatic nitrogens is 2. The summed E-state index contributed by atoms with van der Waals surface area (Å²) in [6, 6.07) is 0. The van der Waals surface area contributed by atoms with Crippen LogP contribution in [0, 0.1) is 12.8 Å². The van der Waals surface area contributed by atoms with E-state index in [1.165, 1.54) is 8.99 Å². The van der Waals surface area contributed by atoms with E-state index < -0.39 is 10.2 Å². The Labute approximate surface area is 113 Å². The third-order valence-corrected chi connectivity index (χ3v) is 5.07. The third-order valence-electron chi connectivity index (χ3n) is 3.58. The van der Waals surface area contributed by atoms with Crippen LogP contribution in [0.3, 0.4) is 0 Å². The van der Waals surface area contributed by atoms with Crippen LogP contribution in [-0.2, 0) is 17.3 Å². The van der Waals surface area contributed by atoms with Gasteiger partial charge in [-0.1, -0.05) is 6.92 Å². The van der Waals surface area contributed by atoms with Crippen LogP contribution in [-0.4, -0.2) is 35.6 Å². The summed E-state index contributed by atoms with van der Waals surface area (Å²) in [5.41, 5.74) is 6.82. The second-order valence-corrected chi connectivity index (χ2v) is 6.83. The Morgan fingerprint density at radius 2 is 1.95 bits per heavy atom. The number of aryl methyl sites for hydroxylation is 2. The summed E-state index contributed by atoms with van der Waals surface area (Å²) in [6.45, 7) is 4.98. The monoisotopic (exact) mass is 287 g/mol. The maximum Gasteiger partial charge on any atom is 0.302 e. The van der Waals surface area contributed by atoms with E-state index in [-0.39, 0.29) is 0 Å². The quantitative estimate of drug-likeness (QED) is 0.855. The first-order chi connectivity index (χ1) is 8.81. The predicted octanol–water partition coefficient (Wildman–Crippen LogP) is 0.699. The van der Waals surface area contributed by atoms with Gasteiger partial charge in [-0.15, -0.1) is 0 Å². The van der Waals surface area contributed by atoms with E-state index in [4.69, 9.17) is 5.73 Å². The molecule has 19 heavy (non-hydrogen) atoms. The molecule has 1 saturated heterocycles. The van der Waals surface area contributed by atoms with Crippen molar-refractivity contribution >= 4 is 21.7 Å². The molecule has 3 N–H and O–H groups in total. The molecule has 0 atom stereocenters. The number of hydrogen-bond donors (Lipinski definition) is 2. The van der Waals surface area contributed by atoms with Gasteiger partial charge in [0.05, 0.1) is 11.4 Å². The van der Waals surface area contributed by atoms with Crippen LogP contribution in [0.2, 0.25) is 0 Å². The van der Waals surface area contributed by atoms with Gasteiger partial charge in [-0.3, -0.25) is 4.72 Å². The second-order valence-electron chi connectivity index (χ2n) is 5.16. The average molecular weight is 287 g/mol. The molecule has 8 heteroatoms. The summed E-state index contributed by atoms with van der Waals surface area (Å²) in [6.07, 6.45) is 1.78. The fourth-order valence-corrected chi connectivity index (χ4v) is 3.51. The molecule has 0 spiro atoms. The first kappa shape index (κ1) is 14.1. The highest BCUT2D eigenvalue weighted by molar-refractivity contribution is 7.90. The number of hydrogen-bond acceptors (Lipinski definition) is 4. The number of anilines is 2. The highest BCUT2D eigenvalue weighted by Gasteiger charge is 2.28. The van der Waals surface area contributed by atoms with E-state index in [0.29, 0.717) is 36.2 Å². The predicted molar refractivity (Wildman–Crippen MR) is 74.9 cm³/mol. The van der Waals surface area contributed by atoms with Crippen molar-refractivity contribution in [3.05, 3.63) is 5.69 Å². The zero-order valence-corrected chi connectivity index (χ0v) is 12.4. The number of nitrogens with one attached hydrogen (secondary N) is 1. The molecule has 2 rings (SSSR count). The first-order valence-electron chi connectivity index (χ1n) is 6.38. The normalized spacial score (nSPS) is 18.7. The number of nitrogens with two attached hydrogens (primary N) is 1. The molecular weight excluding hydrogens is 266 g/mol. The van der Waals surface area contributed by atoms with Crippen LogP contribution in [0.5, 0.6) is 0 Å². The number of piperidine rings is 1. The summed E-state index contributed by atoms with van der Waals surface area (Å²) >= 11 is 0. The van der Waals surface area contributed by atoms with Gasteiger partial charge in [0.2, 0.25) is 0 Å². The molecule has 7 nitrogen and oxygen atoms in total. The highest BCUT2D eigenvalue weighted by atomic mass is 32.2. The van der Waals surface area contributed by atoms with Crippen LogP contribution in [0.15, 0.2) is 0 Å². The van der Waals surface area contributed by atoms with Crippen molar-refractivity contribution in [2.75, 3.05) is 23.5 Å². The molecule has 0 aromatic carbocycles. The fourth-order valence-electron chi connectivity index (χ4n) is 2.21. The minimum absolute atomic E-state index is 0.330. The van der Waals surface area contributed by atoms with Crippen molar-refractivity contribution in [3.8, 4) is 0 Å². The molecule has 1 aliphatic rings. The number of rotatable bonds is 3. The standard InChI is InChI=1S/C11H21N5O2S/c1-8-4-6-16(7-5-8)19(17,18)14-11-10(12)9(2)13-15(11)3/h8,14H,4-7,12H2,1-3H3. The summed E-state index contributed by atoms with van der Waals surface area (Å²) in [5, 5.41) is 4.10. The lowest BCUT2D eigenvalue weighted by Gasteiger charge is -2.29. The van der Waals surface area contributed by atoms with Crippen molar-refractivity contribution in [1.82, 2.24) is 14.1 Å². The molecule has 0 amide bonds. The first-order valence-corrected chi connectivity index (χ1v) is 7.82. The Morgan fingerprint density at radius 1 is 1.37 bits per heavy atom. The summed E-state index contributed by atoms with van der Waals surface area (Å²) in [4.78, 5) is 0. The Hall–Kier alpha value is -1.28. The van der Waals surface area contributed by atoms with Crippen molar-refractivity contribution < 1.29 is 8.42 Å². The van der Waals surface area contributed by atoms with Crippen LogP contribution in [0.25, 0.3) is 0 Å². The van der Waals surface area contributed by atoms with E-state index in [0.717, 1.165) is 12.8 Å². The summed E-state index contributed by atoms with van der Waals surface area (Å²) in [5.74, 6) is 0.909. The van der Waals surface area contributed by atoms with E-state index in [1.807, 2.05) is 0 Å². The van der Waals surface area contributed by atoms with Crippen molar-refractivity contribution in [1.29, 1.82) is 0 Å². The van der Waals surface area contributed by atoms with Gasteiger partial charge in [0.15, 0.2) is 5.82 Å². The van der Waals surface area contributed by atoms with Gasteiger partial charge in [0, 0.05) is 20.1 Å². The Kier molecular flexibility index (Phi) is 3.73. The van der Waals surface area contributed by atoms with Crippen LogP contribution < -0.4 is 10.5 Å². The van der Waals surface area contributed by atoms with E-state index >= 15 is 0 Å². The van der Waals surface area contributed by atoms with Gasteiger partial charge in [0.1, 0.15) is 0 Å². The molecule has 1 aromatic heterocycles. The van der Waals surface area contributed by atoms with Crippen LogP contribution in [0.1, 0.15) is 25.5 Å². The number of nitrogens with zero attached hydrogens (tertiary/aromatic N) is 3. The van der Waals surface area contributed by atoms with Crippen LogP contribution in [0.4, 0.5) is 11.5 Å². The van der Waals surface area contributed by atoms with E-state index in [9.17, 15) is 8.42 Å². The minimum Gasteiger partial charge on any atom is -0.394 e. The molecule has 1 aromatic rings. The maximum atomic E-state index is 12.3. The van der Waals surface area contributed by atoms with Crippen LogP contribution >= 0.6 is 0 Å². The lowest BCUT2D eigenvalue weighted by Crippen LogP contribution is -2.41. The molecular formula is C11H21N5O2S. The Balaban J connectivity index is 2.17. The molecule has 2 heterocycles. The molecule has 0 radical (unpaired) electrons. The highest BCUT2D eigenvalue weighted by Crippen LogP contribution is 2.25. The molecule has 0 saturated carbocycles. The van der Waals surface area contributed by atoms with Gasteiger partial charge >= 0.3 is 10.2 Å². The largest absolute Gasteiger partial charge is 0.394 e.